The zero-order chi connectivity index (χ0) is 17.7. The number of halogens is 3. The molecule has 1 heterocycles. The van der Waals surface area contributed by atoms with Crippen molar-refractivity contribution in [3.63, 3.8) is 0 Å². The number of nitrogens with two attached hydrogens (primary N) is 1. The van der Waals surface area contributed by atoms with Gasteiger partial charge in [0.05, 0.1) is 0 Å². The lowest BCUT2D eigenvalue weighted by molar-refractivity contribution is -0.274. The minimum Gasteiger partial charge on any atom is -0.406 e. The van der Waals surface area contributed by atoms with E-state index in [0.29, 0.717) is 31.5 Å². The Morgan fingerprint density at radius 1 is 1.21 bits per heavy atom. The summed E-state index contributed by atoms with van der Waals surface area (Å²) in [6.07, 6.45) is -3.49. The van der Waals surface area contributed by atoms with Gasteiger partial charge in [0.2, 0.25) is 11.8 Å². The molecule has 0 spiro atoms. The van der Waals surface area contributed by atoms with Crippen LogP contribution in [-0.4, -0.2) is 36.2 Å². The molecular formula is C16H19F3N2O3. The number of nitrogens with zero attached hydrogens (tertiary/aromatic N) is 1. The molecule has 2 rings (SSSR count). The van der Waals surface area contributed by atoms with Crippen LogP contribution >= 0.6 is 0 Å². The van der Waals surface area contributed by atoms with Crippen LogP contribution in [-0.2, 0) is 16.0 Å². The van der Waals surface area contributed by atoms with E-state index in [-0.39, 0.29) is 36.3 Å². The highest BCUT2D eigenvalue weighted by atomic mass is 19.4. The summed E-state index contributed by atoms with van der Waals surface area (Å²) < 4.78 is 41.1. The first-order valence-electron chi connectivity index (χ1n) is 7.67. The Hall–Kier alpha value is -2.25. The van der Waals surface area contributed by atoms with Gasteiger partial charge >= 0.3 is 6.36 Å². The van der Waals surface area contributed by atoms with Crippen LogP contribution in [0.25, 0.3) is 0 Å². The molecule has 0 aliphatic carbocycles. The lowest BCUT2D eigenvalue weighted by atomic mass is 9.96. The molecule has 8 heteroatoms. The number of carbonyl (C=O) groups excluding carboxylic acids is 2. The van der Waals surface area contributed by atoms with Crippen molar-refractivity contribution in [3.8, 4) is 5.75 Å². The third kappa shape index (κ3) is 5.14. The minimum atomic E-state index is -4.77. The number of primary amides is 1. The Morgan fingerprint density at radius 2 is 1.83 bits per heavy atom. The summed E-state index contributed by atoms with van der Waals surface area (Å²) in [5, 5.41) is 0. The normalized spacial score (nSPS) is 16.0. The quantitative estimate of drug-likeness (QED) is 0.890. The van der Waals surface area contributed by atoms with E-state index in [1.807, 2.05) is 0 Å². The molecule has 1 saturated heterocycles. The van der Waals surface area contributed by atoms with Gasteiger partial charge in [-0.3, -0.25) is 9.59 Å². The first-order chi connectivity index (χ1) is 11.3. The summed E-state index contributed by atoms with van der Waals surface area (Å²) in [7, 11) is 0. The van der Waals surface area contributed by atoms with Gasteiger partial charge < -0.3 is 15.4 Å². The number of hydrogen-bond acceptors (Lipinski definition) is 3. The van der Waals surface area contributed by atoms with E-state index in [4.69, 9.17) is 5.73 Å². The highest BCUT2D eigenvalue weighted by Crippen LogP contribution is 2.27. The Labute approximate surface area is 137 Å². The Morgan fingerprint density at radius 3 is 2.42 bits per heavy atom. The molecule has 0 bridgehead atoms. The lowest BCUT2D eigenvalue weighted by Gasteiger charge is -2.30. The second-order valence-corrected chi connectivity index (χ2v) is 5.71. The molecule has 1 aromatic rings. The highest BCUT2D eigenvalue weighted by Gasteiger charge is 2.32. The molecule has 1 fully saturated rings. The zero-order valence-electron chi connectivity index (χ0n) is 13.0. The Kier molecular flexibility index (Phi) is 5.69. The van der Waals surface area contributed by atoms with Crippen LogP contribution in [0.2, 0.25) is 0 Å². The minimum absolute atomic E-state index is 0.0828. The molecule has 1 aromatic carbocycles. The van der Waals surface area contributed by atoms with Gasteiger partial charge in [0.1, 0.15) is 5.75 Å². The molecule has 1 aliphatic heterocycles. The van der Waals surface area contributed by atoms with Crippen LogP contribution in [0.5, 0.6) is 5.75 Å². The number of likely N-dealkylation sites (tertiary alicyclic amines) is 1. The highest BCUT2D eigenvalue weighted by molar-refractivity contribution is 5.79. The van der Waals surface area contributed by atoms with Gasteiger partial charge in [-0.1, -0.05) is 18.2 Å². The molecule has 1 aliphatic rings. The molecule has 0 unspecified atom stereocenters. The summed E-state index contributed by atoms with van der Waals surface area (Å²) in [6, 6.07) is 5.78. The van der Waals surface area contributed by atoms with E-state index in [1.54, 1.807) is 11.0 Å². The number of para-hydroxylation sites is 1. The van der Waals surface area contributed by atoms with Crippen LogP contribution in [0.15, 0.2) is 24.3 Å². The largest absolute Gasteiger partial charge is 0.573 e. The molecule has 24 heavy (non-hydrogen) atoms. The van der Waals surface area contributed by atoms with Gasteiger partial charge in [0, 0.05) is 25.4 Å². The summed E-state index contributed by atoms with van der Waals surface area (Å²) in [5.74, 6) is -1.01. The number of alkyl halides is 3. The smallest absolute Gasteiger partial charge is 0.406 e. The van der Waals surface area contributed by atoms with Crippen molar-refractivity contribution < 1.29 is 27.5 Å². The lowest BCUT2D eigenvalue weighted by Crippen LogP contribution is -2.41. The Bertz CT molecular complexity index is 596. The molecule has 0 saturated carbocycles. The number of benzene rings is 1. The number of ether oxygens (including phenoxy) is 1. The molecule has 5 nitrogen and oxygen atoms in total. The molecular weight excluding hydrogens is 325 g/mol. The third-order valence-corrected chi connectivity index (χ3v) is 4.06. The topological polar surface area (TPSA) is 72.6 Å². The second kappa shape index (κ2) is 7.55. The summed E-state index contributed by atoms with van der Waals surface area (Å²) in [6.45, 7) is 0.875. The maximum atomic E-state index is 12.4. The maximum absolute atomic E-state index is 12.4. The molecule has 0 radical (unpaired) electrons. The van der Waals surface area contributed by atoms with Gasteiger partial charge in [-0.05, 0) is 30.9 Å². The van der Waals surface area contributed by atoms with Crippen LogP contribution in [0.1, 0.15) is 24.8 Å². The molecule has 132 valence electrons. The van der Waals surface area contributed by atoms with Crippen molar-refractivity contribution in [1.82, 2.24) is 4.90 Å². The summed E-state index contributed by atoms with van der Waals surface area (Å²) in [4.78, 5) is 24.9. The molecule has 0 atom stereocenters. The van der Waals surface area contributed by atoms with Crippen molar-refractivity contribution in [2.75, 3.05) is 13.1 Å². The van der Waals surface area contributed by atoms with Gasteiger partial charge in [-0.2, -0.15) is 0 Å². The van der Waals surface area contributed by atoms with Crippen molar-refractivity contribution in [2.45, 2.75) is 32.0 Å². The fourth-order valence-corrected chi connectivity index (χ4v) is 2.75. The van der Waals surface area contributed by atoms with Crippen LogP contribution < -0.4 is 10.5 Å². The predicted octanol–water partition coefficient (Wildman–Crippen LogP) is 2.24. The number of carbonyl (C=O) groups is 2. The van der Waals surface area contributed by atoms with E-state index in [1.165, 1.54) is 18.2 Å². The van der Waals surface area contributed by atoms with Gasteiger partial charge in [0.15, 0.2) is 0 Å². The van der Waals surface area contributed by atoms with Crippen molar-refractivity contribution in [1.29, 1.82) is 0 Å². The summed E-state index contributed by atoms with van der Waals surface area (Å²) >= 11 is 0. The fourth-order valence-electron chi connectivity index (χ4n) is 2.75. The third-order valence-electron chi connectivity index (χ3n) is 4.06. The van der Waals surface area contributed by atoms with Crippen molar-refractivity contribution >= 4 is 11.8 Å². The van der Waals surface area contributed by atoms with Crippen molar-refractivity contribution in [2.24, 2.45) is 11.7 Å². The van der Waals surface area contributed by atoms with Crippen LogP contribution in [0, 0.1) is 5.92 Å². The number of piperidine rings is 1. The molecule has 0 aromatic heterocycles. The van der Waals surface area contributed by atoms with Gasteiger partial charge in [-0.15, -0.1) is 13.2 Å². The zero-order valence-corrected chi connectivity index (χ0v) is 13.0. The Balaban J connectivity index is 1.90. The van der Waals surface area contributed by atoms with Crippen LogP contribution in [0.4, 0.5) is 13.2 Å². The molecule has 2 N–H and O–H groups in total. The van der Waals surface area contributed by atoms with E-state index < -0.39 is 6.36 Å². The molecule has 2 amide bonds. The monoisotopic (exact) mass is 344 g/mol. The van der Waals surface area contributed by atoms with Crippen LogP contribution in [0.3, 0.4) is 0 Å². The van der Waals surface area contributed by atoms with E-state index in [2.05, 4.69) is 4.74 Å². The first kappa shape index (κ1) is 18.1. The fraction of sp³-hybridized carbons (Fsp3) is 0.500. The standard InChI is InChI=1S/C16H19F3N2O3/c17-16(18,19)24-13-4-2-1-3-11(13)5-6-14(22)21-9-7-12(8-10-21)15(20)23/h1-4,12H,5-10H2,(H2,20,23). The average Bonchev–Trinajstić information content (AvgIpc) is 2.52. The van der Waals surface area contributed by atoms with Gasteiger partial charge in [0.25, 0.3) is 0 Å². The number of hydrogen-bond donors (Lipinski definition) is 1. The number of amides is 2. The van der Waals surface area contributed by atoms with E-state index in [9.17, 15) is 22.8 Å². The van der Waals surface area contributed by atoms with E-state index >= 15 is 0 Å². The van der Waals surface area contributed by atoms with E-state index in [0.717, 1.165) is 0 Å². The average molecular weight is 344 g/mol. The number of aryl methyl sites for hydroxylation is 1. The predicted molar refractivity (Wildman–Crippen MR) is 79.9 cm³/mol. The summed E-state index contributed by atoms with van der Waals surface area (Å²) in [5.41, 5.74) is 5.57. The number of rotatable bonds is 5. The van der Waals surface area contributed by atoms with Gasteiger partial charge in [-0.25, -0.2) is 0 Å². The second-order valence-electron chi connectivity index (χ2n) is 5.71. The maximum Gasteiger partial charge on any atom is 0.573 e. The van der Waals surface area contributed by atoms with Crippen molar-refractivity contribution in [3.05, 3.63) is 29.8 Å². The SMILES string of the molecule is NC(=O)C1CCN(C(=O)CCc2ccccc2OC(F)(F)F)CC1. The first-order valence-corrected chi connectivity index (χ1v) is 7.67.